The molecule has 0 spiro atoms. The van der Waals surface area contributed by atoms with Crippen LogP contribution in [0.2, 0.25) is 0 Å². The molecule has 0 atom stereocenters. The van der Waals surface area contributed by atoms with Crippen molar-refractivity contribution in [3.8, 4) is 111 Å². The van der Waals surface area contributed by atoms with E-state index in [1.807, 2.05) is 0 Å². The average molecular weight is 1290 g/mol. The lowest BCUT2D eigenvalue weighted by molar-refractivity contribution is 0.590. The molecule has 482 valence electrons. The molecule has 0 bridgehead atoms. The smallest absolute Gasteiger partial charge is 0.252 e. The Hall–Kier alpha value is -12.0. The van der Waals surface area contributed by atoms with E-state index in [0.29, 0.717) is 0 Å². The summed E-state index contributed by atoms with van der Waals surface area (Å²) in [6.07, 6.45) is 0. The fourth-order valence-corrected chi connectivity index (χ4v) is 15.9. The second-order valence-electron chi connectivity index (χ2n) is 29.1. The molecule has 101 heavy (non-hydrogen) atoms. The van der Waals surface area contributed by atoms with Crippen molar-refractivity contribution in [2.75, 3.05) is 9.80 Å². The second-order valence-corrected chi connectivity index (χ2v) is 29.1. The van der Waals surface area contributed by atoms with Gasteiger partial charge in [-0.25, -0.2) is 0 Å². The topological polar surface area (TPSA) is 6.48 Å². The molecule has 0 fully saturated rings. The Bertz CT molecular complexity index is 5190. The summed E-state index contributed by atoms with van der Waals surface area (Å²) in [4.78, 5) is 5.32. The molecule has 2 aliphatic heterocycles. The third-order valence-electron chi connectivity index (χ3n) is 20.8. The van der Waals surface area contributed by atoms with Crippen LogP contribution in [0.1, 0.15) is 52.7 Å². The van der Waals surface area contributed by atoms with Crippen molar-refractivity contribution < 1.29 is 0 Å². The van der Waals surface area contributed by atoms with E-state index < -0.39 is 0 Å². The van der Waals surface area contributed by atoms with Gasteiger partial charge >= 0.3 is 0 Å². The Labute approximate surface area is 595 Å². The molecule has 0 aliphatic carbocycles. The van der Waals surface area contributed by atoms with Gasteiger partial charge in [-0.1, -0.05) is 363 Å². The number of nitrogens with zero attached hydrogens (tertiary/aromatic N) is 2. The Kier molecular flexibility index (Phi) is 15.9. The minimum absolute atomic E-state index is 0.00681. The summed E-state index contributed by atoms with van der Waals surface area (Å²) >= 11 is 0. The van der Waals surface area contributed by atoms with Crippen LogP contribution in [-0.4, -0.2) is 6.71 Å². The summed E-state index contributed by atoms with van der Waals surface area (Å²) in [5.74, 6) is 0. The third kappa shape index (κ3) is 11.3. The maximum atomic E-state index is 2.66. The normalized spacial score (nSPS) is 12.4. The molecule has 0 aromatic heterocycles. The Morgan fingerprint density at radius 3 is 0.762 bits per heavy atom. The van der Waals surface area contributed by atoms with Gasteiger partial charge in [-0.05, 0) is 164 Å². The first-order chi connectivity index (χ1) is 49.4. The maximum absolute atomic E-state index is 2.66. The lowest BCUT2D eigenvalue weighted by Gasteiger charge is -2.45. The first kappa shape index (κ1) is 62.5. The predicted molar refractivity (Wildman–Crippen MR) is 432 cm³/mol. The first-order valence-electron chi connectivity index (χ1n) is 35.5. The van der Waals surface area contributed by atoms with Gasteiger partial charge < -0.3 is 9.80 Å². The number of rotatable bonds is 12. The van der Waals surface area contributed by atoms with Crippen LogP contribution in [0.15, 0.2) is 358 Å². The first-order valence-corrected chi connectivity index (χ1v) is 35.5. The van der Waals surface area contributed by atoms with Gasteiger partial charge in [-0.3, -0.25) is 0 Å². The van der Waals surface area contributed by atoms with Crippen LogP contribution in [-0.2, 0) is 10.8 Å². The van der Waals surface area contributed by atoms with Crippen LogP contribution in [0.3, 0.4) is 0 Å². The molecule has 2 aliphatic rings. The van der Waals surface area contributed by atoms with Gasteiger partial charge in [-0.15, -0.1) is 0 Å². The van der Waals surface area contributed by atoms with Crippen molar-refractivity contribution in [2.24, 2.45) is 0 Å². The summed E-state index contributed by atoms with van der Waals surface area (Å²) in [5, 5.41) is 0. The quantitative estimate of drug-likeness (QED) is 0.113. The zero-order chi connectivity index (χ0) is 68.3. The van der Waals surface area contributed by atoms with Crippen molar-refractivity contribution in [3.05, 3.63) is 369 Å². The van der Waals surface area contributed by atoms with Crippen LogP contribution < -0.4 is 26.2 Å². The highest BCUT2D eigenvalue weighted by molar-refractivity contribution is 7.00. The van der Waals surface area contributed by atoms with Gasteiger partial charge in [0.25, 0.3) is 6.71 Å². The standard InChI is InChI=1S/C98H77BN2/c1-97(2,3)78-56-50-66(51-57-78)76-54-60-84-82(62-76)99-83-63-77(67-52-58-79(59-53-67)98(4,5)6)55-61-85(83)101(89-65-81(69-34-17-8-18-35-69)91(71-38-21-10-22-39-71)95(75-46-29-14-30-47-75)93(89)73-42-25-12-26-43-73)87-49-31-48-86(96(87)99)100(84)88-64-80(68-32-15-7-16-33-68)90(70-36-19-9-20-37-70)94(74-44-27-13-28-45-74)92(88)72-40-23-11-24-41-72/h7-65H,1-6H3. The highest BCUT2D eigenvalue weighted by atomic mass is 15.2. The molecule has 0 amide bonds. The summed E-state index contributed by atoms with van der Waals surface area (Å²) in [7, 11) is 0. The summed E-state index contributed by atoms with van der Waals surface area (Å²) in [5.41, 5.74) is 36.1. The molecule has 17 rings (SSSR count). The lowest BCUT2D eigenvalue weighted by Crippen LogP contribution is -2.61. The number of anilines is 6. The molecular weight excluding hydrogens is 1220 g/mol. The summed E-state index contributed by atoms with van der Waals surface area (Å²) in [6.45, 7) is 13.6. The number of hydrogen-bond acceptors (Lipinski definition) is 2. The molecule has 0 saturated carbocycles. The minimum atomic E-state index is -0.238. The fraction of sp³-hybridized carbons (Fsp3) is 0.0816. The zero-order valence-electron chi connectivity index (χ0n) is 58.0. The average Bonchev–Trinajstić information content (AvgIpc) is 0.691. The van der Waals surface area contributed by atoms with Crippen LogP contribution in [0.4, 0.5) is 34.1 Å². The van der Waals surface area contributed by atoms with E-state index in [-0.39, 0.29) is 17.5 Å². The monoisotopic (exact) mass is 1290 g/mol. The van der Waals surface area contributed by atoms with Crippen molar-refractivity contribution in [3.63, 3.8) is 0 Å². The van der Waals surface area contributed by atoms with Gasteiger partial charge in [-0.2, -0.15) is 0 Å². The maximum Gasteiger partial charge on any atom is 0.252 e. The van der Waals surface area contributed by atoms with Crippen LogP contribution in [0.5, 0.6) is 0 Å². The molecule has 15 aromatic rings. The summed E-state index contributed by atoms with van der Waals surface area (Å²) < 4.78 is 0. The van der Waals surface area contributed by atoms with Crippen molar-refractivity contribution in [1.29, 1.82) is 0 Å². The third-order valence-corrected chi connectivity index (χ3v) is 20.8. The SMILES string of the molecule is CC(C)(C)c1ccc(-c2ccc3c(c2)B2c4cc(-c5ccc(C(C)(C)C)cc5)ccc4N(c4cc(-c5ccccc5)c(-c5ccccc5)c(-c5ccccc5)c4-c4ccccc4)c4cccc(c42)N3c2cc(-c3ccccc3)c(-c3ccccc3)c(-c3ccccc3)c2-c2ccccc2)cc1. The molecule has 0 unspecified atom stereocenters. The van der Waals surface area contributed by atoms with Gasteiger partial charge in [0.15, 0.2) is 0 Å². The second kappa shape index (κ2) is 25.7. The molecule has 15 aromatic carbocycles. The Morgan fingerprint density at radius 2 is 0.465 bits per heavy atom. The van der Waals surface area contributed by atoms with Gasteiger partial charge in [0.05, 0.1) is 11.4 Å². The van der Waals surface area contributed by atoms with E-state index in [0.717, 1.165) is 101 Å². The Balaban J connectivity index is 1.04. The minimum Gasteiger partial charge on any atom is -0.311 e. The van der Waals surface area contributed by atoms with Gasteiger partial charge in [0.2, 0.25) is 0 Å². The van der Waals surface area contributed by atoms with Gasteiger partial charge in [0, 0.05) is 45.0 Å². The van der Waals surface area contributed by atoms with Gasteiger partial charge in [0.1, 0.15) is 0 Å². The highest BCUT2D eigenvalue weighted by Crippen LogP contribution is 2.57. The van der Waals surface area contributed by atoms with Crippen molar-refractivity contribution in [2.45, 2.75) is 52.4 Å². The molecule has 0 N–H and O–H groups in total. The molecular formula is C98H77BN2. The van der Waals surface area contributed by atoms with Crippen molar-refractivity contribution >= 4 is 57.2 Å². The van der Waals surface area contributed by atoms with E-state index in [9.17, 15) is 0 Å². The predicted octanol–water partition coefficient (Wildman–Crippen LogP) is 25.0. The summed E-state index contributed by atoms with van der Waals surface area (Å²) in [6, 6.07) is 135. The van der Waals surface area contributed by atoms with E-state index in [2.05, 4.69) is 409 Å². The molecule has 0 saturated heterocycles. The lowest BCUT2D eigenvalue weighted by atomic mass is 9.33. The van der Waals surface area contributed by atoms with E-state index >= 15 is 0 Å². The fourth-order valence-electron chi connectivity index (χ4n) is 15.9. The molecule has 0 radical (unpaired) electrons. The van der Waals surface area contributed by atoms with E-state index in [1.54, 1.807) is 0 Å². The zero-order valence-corrected chi connectivity index (χ0v) is 58.0. The van der Waals surface area contributed by atoms with E-state index in [1.165, 1.54) is 72.0 Å². The van der Waals surface area contributed by atoms with Crippen LogP contribution in [0.25, 0.3) is 111 Å². The number of benzene rings is 15. The number of fused-ring (bicyclic) bond motifs is 4. The Morgan fingerprint density at radius 1 is 0.198 bits per heavy atom. The number of hydrogen-bond donors (Lipinski definition) is 0. The molecule has 2 nitrogen and oxygen atoms in total. The largest absolute Gasteiger partial charge is 0.311 e. The van der Waals surface area contributed by atoms with Crippen LogP contribution >= 0.6 is 0 Å². The van der Waals surface area contributed by atoms with Crippen LogP contribution in [0, 0.1) is 0 Å². The molecule has 2 heterocycles. The highest BCUT2D eigenvalue weighted by Gasteiger charge is 2.45. The molecule has 3 heteroatoms. The van der Waals surface area contributed by atoms with E-state index in [4.69, 9.17) is 0 Å². The van der Waals surface area contributed by atoms with Crippen molar-refractivity contribution in [1.82, 2.24) is 0 Å².